The highest BCUT2D eigenvalue weighted by Crippen LogP contribution is 2.32. The highest BCUT2D eigenvalue weighted by atomic mass is 35.5. The van der Waals surface area contributed by atoms with E-state index in [1.54, 1.807) is 6.92 Å². The number of nitrogens with two attached hydrogens (primary N) is 1. The molecule has 19 heavy (non-hydrogen) atoms. The van der Waals surface area contributed by atoms with Gasteiger partial charge in [0.2, 0.25) is 5.91 Å². The third-order valence-corrected chi connectivity index (χ3v) is 4.83. The minimum absolute atomic E-state index is 0.256. The van der Waals surface area contributed by atoms with Gasteiger partial charge in [-0.2, -0.15) is 0 Å². The first-order chi connectivity index (χ1) is 8.86. The third kappa shape index (κ3) is 4.37. The monoisotopic (exact) mass is 322 g/mol. The number of rotatable bonds is 5. The molecule has 106 valence electrons. The van der Waals surface area contributed by atoms with Gasteiger partial charge < -0.3 is 11.1 Å². The number of hydrogen-bond acceptors (Lipinski definition) is 3. The fraction of sp³-hybridized carbons (Fsp3) is 0.417. The zero-order valence-corrected chi connectivity index (χ0v) is 13.0. The Morgan fingerprint density at radius 1 is 1.47 bits per heavy atom. The van der Waals surface area contributed by atoms with Gasteiger partial charge in [0.25, 0.3) is 0 Å². The molecule has 1 aromatic carbocycles. The Labute approximate surface area is 125 Å². The number of benzene rings is 1. The van der Waals surface area contributed by atoms with Gasteiger partial charge in [-0.15, -0.1) is 0 Å². The second-order valence-electron chi connectivity index (χ2n) is 4.07. The second-order valence-corrected chi connectivity index (χ2v) is 6.79. The minimum atomic E-state index is -1.21. The van der Waals surface area contributed by atoms with Gasteiger partial charge in [0.15, 0.2) is 0 Å². The van der Waals surface area contributed by atoms with Gasteiger partial charge in [0.05, 0.1) is 16.4 Å². The van der Waals surface area contributed by atoms with Crippen molar-refractivity contribution < 1.29 is 9.00 Å². The Morgan fingerprint density at radius 3 is 2.63 bits per heavy atom. The molecule has 4 nitrogen and oxygen atoms in total. The van der Waals surface area contributed by atoms with Crippen LogP contribution in [0.1, 0.15) is 20.3 Å². The summed E-state index contributed by atoms with van der Waals surface area (Å²) in [4.78, 5) is 12.0. The molecule has 0 aliphatic rings. The lowest BCUT2D eigenvalue weighted by molar-refractivity contribution is -0.115. The molecule has 0 aliphatic carbocycles. The van der Waals surface area contributed by atoms with E-state index in [-0.39, 0.29) is 16.6 Å². The molecule has 1 aromatic rings. The number of nitrogens with one attached hydrogen (secondary N) is 1. The van der Waals surface area contributed by atoms with Crippen molar-refractivity contribution in [2.45, 2.75) is 25.5 Å². The lowest BCUT2D eigenvalue weighted by Gasteiger charge is -2.14. The molecule has 0 saturated carbocycles. The van der Waals surface area contributed by atoms with Gasteiger partial charge in [-0.1, -0.05) is 30.1 Å². The van der Waals surface area contributed by atoms with Gasteiger partial charge in [-0.3, -0.25) is 9.00 Å². The van der Waals surface area contributed by atoms with Crippen LogP contribution < -0.4 is 11.1 Å². The van der Waals surface area contributed by atoms with Crippen molar-refractivity contribution in [2.24, 2.45) is 0 Å². The van der Waals surface area contributed by atoms with Crippen LogP contribution in [-0.4, -0.2) is 21.1 Å². The van der Waals surface area contributed by atoms with E-state index in [4.69, 9.17) is 28.9 Å². The molecule has 0 radical (unpaired) electrons. The summed E-state index contributed by atoms with van der Waals surface area (Å²) >= 11 is 11.8. The fourth-order valence-corrected chi connectivity index (χ4v) is 3.06. The second kappa shape index (κ2) is 7.12. The predicted octanol–water partition coefficient (Wildman–Crippen LogP) is 3.06. The third-order valence-electron chi connectivity index (χ3n) is 2.50. The number of anilines is 2. The molecule has 2 atom stereocenters. The van der Waals surface area contributed by atoms with Gasteiger partial charge in [0, 0.05) is 21.6 Å². The van der Waals surface area contributed by atoms with E-state index < -0.39 is 16.0 Å². The quantitative estimate of drug-likeness (QED) is 0.818. The lowest BCUT2D eigenvalue weighted by Crippen LogP contribution is -2.30. The van der Waals surface area contributed by atoms with Gasteiger partial charge in [-0.05, 0) is 25.5 Å². The smallest absolute Gasteiger partial charge is 0.239 e. The van der Waals surface area contributed by atoms with Crippen LogP contribution >= 0.6 is 23.2 Å². The van der Waals surface area contributed by atoms with E-state index >= 15 is 0 Å². The molecule has 0 heterocycles. The minimum Gasteiger partial charge on any atom is -0.397 e. The largest absolute Gasteiger partial charge is 0.397 e. The van der Waals surface area contributed by atoms with Gasteiger partial charge in [0.1, 0.15) is 5.25 Å². The summed E-state index contributed by atoms with van der Waals surface area (Å²) in [5.74, 6) is 0.112. The van der Waals surface area contributed by atoms with E-state index in [2.05, 4.69) is 5.32 Å². The highest BCUT2D eigenvalue weighted by Gasteiger charge is 2.21. The van der Waals surface area contributed by atoms with Crippen LogP contribution in [0.4, 0.5) is 11.4 Å². The van der Waals surface area contributed by atoms with E-state index in [1.165, 1.54) is 12.1 Å². The van der Waals surface area contributed by atoms with E-state index in [9.17, 15) is 9.00 Å². The van der Waals surface area contributed by atoms with E-state index in [0.717, 1.165) is 6.42 Å². The van der Waals surface area contributed by atoms with Crippen LogP contribution in [0.15, 0.2) is 12.1 Å². The van der Waals surface area contributed by atoms with Crippen LogP contribution in [0, 0.1) is 0 Å². The maximum atomic E-state index is 12.0. The zero-order chi connectivity index (χ0) is 14.6. The number of carbonyl (C=O) groups excluding carboxylic acids is 1. The Kier molecular flexibility index (Phi) is 6.10. The van der Waals surface area contributed by atoms with Crippen LogP contribution in [0.25, 0.3) is 0 Å². The van der Waals surface area contributed by atoms with Crippen molar-refractivity contribution in [3.63, 3.8) is 0 Å². The molecular formula is C12H16Cl2N2O2S. The first-order valence-electron chi connectivity index (χ1n) is 5.79. The normalized spacial score (nSPS) is 13.9. The Bertz CT molecular complexity index is 485. The molecule has 1 rings (SSSR count). The fourth-order valence-electron chi connectivity index (χ4n) is 1.45. The summed E-state index contributed by atoms with van der Waals surface area (Å²) in [6.07, 6.45) is 0.758. The summed E-state index contributed by atoms with van der Waals surface area (Å²) in [6, 6.07) is 2.99. The molecule has 0 fully saturated rings. The SMILES string of the molecule is CCCS(=O)C(C)C(=O)Nc1c(N)cc(Cl)cc1Cl. The Morgan fingerprint density at radius 2 is 2.11 bits per heavy atom. The number of carbonyl (C=O) groups is 1. The summed E-state index contributed by atoms with van der Waals surface area (Å²) in [6.45, 7) is 3.53. The number of nitrogen functional groups attached to an aromatic ring is 1. The van der Waals surface area contributed by atoms with Crippen molar-refractivity contribution in [3.8, 4) is 0 Å². The standard InChI is InChI=1S/C12H16Cl2N2O2S/c1-3-4-19(18)7(2)12(17)16-11-9(14)5-8(13)6-10(11)15/h5-7H,3-4,15H2,1-2H3,(H,16,17). The van der Waals surface area contributed by atoms with Crippen molar-refractivity contribution in [3.05, 3.63) is 22.2 Å². The molecule has 0 aliphatic heterocycles. The number of halogens is 2. The maximum Gasteiger partial charge on any atom is 0.239 e. The predicted molar refractivity (Wildman–Crippen MR) is 82.3 cm³/mol. The molecular weight excluding hydrogens is 307 g/mol. The summed E-state index contributed by atoms with van der Waals surface area (Å²) in [5.41, 5.74) is 6.33. The molecule has 2 unspecified atom stereocenters. The van der Waals surface area contributed by atoms with Crippen LogP contribution in [0.3, 0.4) is 0 Å². The van der Waals surface area contributed by atoms with Gasteiger partial charge >= 0.3 is 0 Å². The lowest BCUT2D eigenvalue weighted by atomic mass is 10.2. The Hall–Kier alpha value is -0.780. The summed E-state index contributed by atoms with van der Waals surface area (Å²) < 4.78 is 11.8. The van der Waals surface area contributed by atoms with Crippen LogP contribution in [0.5, 0.6) is 0 Å². The van der Waals surface area contributed by atoms with Crippen LogP contribution in [0.2, 0.25) is 10.0 Å². The zero-order valence-electron chi connectivity index (χ0n) is 10.7. The van der Waals surface area contributed by atoms with E-state index in [0.29, 0.717) is 16.5 Å². The first kappa shape index (κ1) is 16.3. The summed E-state index contributed by atoms with van der Waals surface area (Å²) in [5, 5.41) is 2.63. The topological polar surface area (TPSA) is 72.2 Å². The highest BCUT2D eigenvalue weighted by molar-refractivity contribution is 7.86. The molecule has 0 aromatic heterocycles. The van der Waals surface area contributed by atoms with Crippen molar-refractivity contribution in [1.82, 2.24) is 0 Å². The average molecular weight is 323 g/mol. The molecule has 0 saturated heterocycles. The summed E-state index contributed by atoms with van der Waals surface area (Å²) in [7, 11) is -1.21. The van der Waals surface area contributed by atoms with Gasteiger partial charge in [-0.25, -0.2) is 0 Å². The number of amides is 1. The first-order valence-corrected chi connectivity index (χ1v) is 7.93. The van der Waals surface area contributed by atoms with Crippen LogP contribution in [-0.2, 0) is 15.6 Å². The molecule has 7 heteroatoms. The maximum absolute atomic E-state index is 12.0. The van der Waals surface area contributed by atoms with Crippen molar-refractivity contribution in [2.75, 3.05) is 16.8 Å². The van der Waals surface area contributed by atoms with Crippen molar-refractivity contribution in [1.29, 1.82) is 0 Å². The average Bonchev–Trinajstić information content (AvgIpc) is 2.32. The molecule has 3 N–H and O–H groups in total. The molecule has 1 amide bonds. The van der Waals surface area contributed by atoms with E-state index in [1.807, 2.05) is 6.92 Å². The molecule has 0 bridgehead atoms. The van der Waals surface area contributed by atoms with Crippen molar-refractivity contribution >= 4 is 51.3 Å². The number of hydrogen-bond donors (Lipinski definition) is 2. The molecule has 0 spiro atoms. The Balaban J connectivity index is 2.86.